The highest BCUT2D eigenvalue weighted by molar-refractivity contribution is 6.76. The van der Waals surface area contributed by atoms with Crippen molar-refractivity contribution in [3.8, 4) is 0 Å². The van der Waals surface area contributed by atoms with Gasteiger partial charge in [0.05, 0.1) is 5.60 Å². The van der Waals surface area contributed by atoms with Crippen LogP contribution >= 0.6 is 0 Å². The van der Waals surface area contributed by atoms with E-state index in [1.54, 1.807) is 0 Å². The highest BCUT2D eigenvalue weighted by Crippen LogP contribution is 2.32. The third-order valence-electron chi connectivity index (χ3n) is 2.66. The van der Waals surface area contributed by atoms with E-state index in [1.807, 2.05) is 0 Å². The van der Waals surface area contributed by atoms with Gasteiger partial charge >= 0.3 is 0 Å². The molecular formula is C10H23NOSi. The summed E-state index contributed by atoms with van der Waals surface area (Å²) in [7, 11) is -1.04. The molecule has 0 saturated carbocycles. The summed E-state index contributed by atoms with van der Waals surface area (Å²) in [5.41, 5.74) is 5.89. The topological polar surface area (TPSA) is 35.2 Å². The second-order valence-electron chi connectivity index (χ2n) is 5.43. The van der Waals surface area contributed by atoms with Crippen molar-refractivity contribution >= 4 is 8.07 Å². The largest absolute Gasteiger partial charge is 0.374 e. The molecule has 0 aliphatic carbocycles. The van der Waals surface area contributed by atoms with Crippen LogP contribution in [0.5, 0.6) is 0 Å². The van der Waals surface area contributed by atoms with Crippen LogP contribution < -0.4 is 5.73 Å². The van der Waals surface area contributed by atoms with E-state index in [-0.39, 0.29) is 5.60 Å². The Morgan fingerprint density at radius 2 is 2.00 bits per heavy atom. The molecule has 0 spiro atoms. The molecule has 1 saturated heterocycles. The van der Waals surface area contributed by atoms with Crippen molar-refractivity contribution in [2.24, 2.45) is 5.73 Å². The third kappa shape index (κ3) is 3.41. The second-order valence-corrected chi connectivity index (χ2v) is 10.9. The molecule has 2 N–H and O–H groups in total. The van der Waals surface area contributed by atoms with Gasteiger partial charge in [0, 0.05) is 21.2 Å². The lowest BCUT2D eigenvalue weighted by molar-refractivity contribution is -0.0586. The molecule has 0 aromatic rings. The fraction of sp³-hybridized carbons (Fsp3) is 1.00. The zero-order valence-electron chi connectivity index (χ0n) is 9.23. The lowest BCUT2D eigenvalue weighted by Gasteiger charge is -2.40. The minimum Gasteiger partial charge on any atom is -0.374 e. The molecule has 13 heavy (non-hydrogen) atoms. The maximum Gasteiger partial charge on any atom is 0.0780 e. The van der Waals surface area contributed by atoms with E-state index in [0.717, 1.165) is 6.61 Å². The number of nitrogens with two attached hydrogens (primary N) is 1. The Morgan fingerprint density at radius 1 is 1.31 bits per heavy atom. The molecule has 0 bridgehead atoms. The van der Waals surface area contributed by atoms with Gasteiger partial charge in [-0.25, -0.2) is 0 Å². The molecule has 0 aromatic carbocycles. The fourth-order valence-corrected chi connectivity index (χ4v) is 4.61. The number of ether oxygens (including phenoxy) is 1. The lowest BCUT2D eigenvalue weighted by Crippen LogP contribution is -2.48. The quantitative estimate of drug-likeness (QED) is 0.711. The molecule has 78 valence electrons. The standard InChI is InChI=1S/C10H23NOSi/c1-13(2,3)9-10(8-11)6-4-5-7-12-10/h4-9,11H2,1-3H3. The molecule has 3 heteroatoms. The summed E-state index contributed by atoms with van der Waals surface area (Å²) in [4.78, 5) is 0. The molecule has 1 rings (SSSR count). The van der Waals surface area contributed by atoms with Crippen molar-refractivity contribution in [2.45, 2.75) is 50.5 Å². The van der Waals surface area contributed by atoms with Crippen LogP contribution in [0, 0.1) is 0 Å². The third-order valence-corrected chi connectivity index (χ3v) is 4.36. The lowest BCUT2D eigenvalue weighted by atomic mass is 9.96. The van der Waals surface area contributed by atoms with Gasteiger partial charge in [0.1, 0.15) is 0 Å². The number of hydrogen-bond acceptors (Lipinski definition) is 2. The molecule has 1 aliphatic heterocycles. The van der Waals surface area contributed by atoms with Gasteiger partial charge in [-0.15, -0.1) is 0 Å². The molecule has 2 nitrogen and oxygen atoms in total. The maximum absolute atomic E-state index is 5.90. The van der Waals surface area contributed by atoms with E-state index >= 15 is 0 Å². The van der Waals surface area contributed by atoms with E-state index < -0.39 is 8.07 Å². The number of hydrogen-bond donors (Lipinski definition) is 1. The zero-order valence-corrected chi connectivity index (χ0v) is 10.2. The van der Waals surface area contributed by atoms with Crippen LogP contribution in [0.3, 0.4) is 0 Å². The van der Waals surface area contributed by atoms with Crippen LogP contribution in [0.1, 0.15) is 19.3 Å². The average Bonchev–Trinajstić information content (AvgIpc) is 2.03. The fourth-order valence-electron chi connectivity index (χ4n) is 2.25. The summed E-state index contributed by atoms with van der Waals surface area (Å²) < 4.78 is 5.90. The van der Waals surface area contributed by atoms with Gasteiger partial charge < -0.3 is 10.5 Å². The van der Waals surface area contributed by atoms with Gasteiger partial charge in [-0.2, -0.15) is 0 Å². The number of rotatable bonds is 3. The summed E-state index contributed by atoms with van der Waals surface area (Å²) in [5, 5.41) is 0. The molecule has 1 aliphatic rings. The Hall–Kier alpha value is 0.137. The predicted octanol–water partition coefficient (Wildman–Crippen LogP) is 2.22. The van der Waals surface area contributed by atoms with Crippen LogP contribution in [-0.2, 0) is 4.74 Å². The van der Waals surface area contributed by atoms with Gasteiger partial charge in [-0.1, -0.05) is 19.6 Å². The Balaban J connectivity index is 2.57. The molecule has 1 atom stereocenters. The molecule has 1 fully saturated rings. The summed E-state index contributed by atoms with van der Waals surface area (Å²) in [6.45, 7) is 8.80. The summed E-state index contributed by atoms with van der Waals surface area (Å²) >= 11 is 0. The molecule has 0 aromatic heterocycles. The monoisotopic (exact) mass is 201 g/mol. The Labute approximate surface area is 82.9 Å². The van der Waals surface area contributed by atoms with Gasteiger partial charge in [0.25, 0.3) is 0 Å². The normalized spacial score (nSPS) is 30.5. The Morgan fingerprint density at radius 3 is 2.38 bits per heavy atom. The van der Waals surface area contributed by atoms with Crippen molar-refractivity contribution in [1.82, 2.24) is 0 Å². The first-order valence-electron chi connectivity index (χ1n) is 5.32. The first-order valence-corrected chi connectivity index (χ1v) is 9.02. The van der Waals surface area contributed by atoms with Crippen LogP contribution in [-0.4, -0.2) is 26.8 Å². The first kappa shape index (κ1) is 11.2. The van der Waals surface area contributed by atoms with Crippen LogP contribution in [0.15, 0.2) is 0 Å². The minimum atomic E-state index is -1.04. The molecular weight excluding hydrogens is 178 g/mol. The van der Waals surface area contributed by atoms with Gasteiger partial charge in [-0.3, -0.25) is 0 Å². The van der Waals surface area contributed by atoms with Crippen LogP contribution in [0.2, 0.25) is 25.7 Å². The van der Waals surface area contributed by atoms with Crippen molar-refractivity contribution < 1.29 is 4.74 Å². The smallest absolute Gasteiger partial charge is 0.0780 e. The zero-order chi connectivity index (χ0) is 9.95. The van der Waals surface area contributed by atoms with Gasteiger partial charge in [0.2, 0.25) is 0 Å². The van der Waals surface area contributed by atoms with Crippen LogP contribution in [0.4, 0.5) is 0 Å². The van der Waals surface area contributed by atoms with Gasteiger partial charge in [-0.05, 0) is 25.3 Å². The second kappa shape index (κ2) is 4.11. The predicted molar refractivity (Wildman–Crippen MR) is 59.7 cm³/mol. The maximum atomic E-state index is 5.90. The van der Waals surface area contributed by atoms with Crippen molar-refractivity contribution in [1.29, 1.82) is 0 Å². The van der Waals surface area contributed by atoms with Crippen LogP contribution in [0.25, 0.3) is 0 Å². The van der Waals surface area contributed by atoms with E-state index in [9.17, 15) is 0 Å². The van der Waals surface area contributed by atoms with Crippen molar-refractivity contribution in [3.63, 3.8) is 0 Å². The highest BCUT2D eigenvalue weighted by Gasteiger charge is 2.36. The van der Waals surface area contributed by atoms with E-state index in [4.69, 9.17) is 10.5 Å². The highest BCUT2D eigenvalue weighted by atomic mass is 28.3. The first-order chi connectivity index (χ1) is 5.97. The Bertz CT molecular complexity index is 159. The molecule has 1 heterocycles. The minimum absolute atomic E-state index is 0.0444. The summed E-state index contributed by atoms with van der Waals surface area (Å²) in [5.74, 6) is 0. The molecule has 0 amide bonds. The summed E-state index contributed by atoms with van der Waals surface area (Å²) in [6.07, 6.45) is 3.68. The van der Waals surface area contributed by atoms with Crippen molar-refractivity contribution in [2.75, 3.05) is 13.2 Å². The molecule has 1 unspecified atom stereocenters. The van der Waals surface area contributed by atoms with E-state index in [2.05, 4.69) is 19.6 Å². The van der Waals surface area contributed by atoms with Crippen molar-refractivity contribution in [3.05, 3.63) is 0 Å². The SMILES string of the molecule is C[Si](C)(C)CC1(CN)CCCCO1. The molecule has 0 radical (unpaired) electrons. The Kier molecular flexibility index (Phi) is 3.55. The van der Waals surface area contributed by atoms with E-state index in [1.165, 1.54) is 25.3 Å². The van der Waals surface area contributed by atoms with Gasteiger partial charge in [0.15, 0.2) is 0 Å². The average molecular weight is 201 g/mol. The summed E-state index contributed by atoms with van der Waals surface area (Å²) in [6, 6.07) is 1.22. The van der Waals surface area contributed by atoms with E-state index in [0.29, 0.717) is 6.54 Å².